The SMILES string of the molecule is COC(CNC(=O)C(C(C)C)C(C)NC(=O)OCC1c2ccccc2-c2ccccc21)C(=O)O. The molecule has 1 aliphatic carbocycles. The molecule has 0 aromatic heterocycles. The van der Waals surface area contributed by atoms with Gasteiger partial charge in [0.15, 0.2) is 6.10 Å². The van der Waals surface area contributed by atoms with Gasteiger partial charge in [-0.25, -0.2) is 9.59 Å². The third-order valence-corrected chi connectivity index (χ3v) is 6.27. The number of alkyl carbamates (subject to hydrolysis) is 1. The van der Waals surface area contributed by atoms with Gasteiger partial charge in [0.2, 0.25) is 5.91 Å². The summed E-state index contributed by atoms with van der Waals surface area (Å²) in [4.78, 5) is 36.5. The van der Waals surface area contributed by atoms with Crippen LogP contribution in [-0.4, -0.2) is 55.5 Å². The minimum Gasteiger partial charge on any atom is -0.479 e. The molecule has 3 rings (SSSR count). The summed E-state index contributed by atoms with van der Waals surface area (Å²) in [5.74, 6) is -2.25. The Bertz CT molecular complexity index is 992. The number of carboxylic acids is 1. The van der Waals surface area contributed by atoms with Gasteiger partial charge >= 0.3 is 12.1 Å². The minimum atomic E-state index is -1.16. The van der Waals surface area contributed by atoms with Crippen molar-refractivity contribution in [3.05, 3.63) is 59.7 Å². The second-order valence-corrected chi connectivity index (χ2v) is 8.84. The summed E-state index contributed by atoms with van der Waals surface area (Å²) in [5, 5.41) is 14.5. The normalized spacial score (nSPS) is 15.1. The summed E-state index contributed by atoms with van der Waals surface area (Å²) >= 11 is 0. The van der Waals surface area contributed by atoms with E-state index in [2.05, 4.69) is 22.8 Å². The molecule has 3 atom stereocenters. The number of fused-ring (bicyclic) bond motifs is 3. The lowest BCUT2D eigenvalue weighted by Gasteiger charge is -2.27. The number of nitrogens with one attached hydrogen (secondary N) is 2. The predicted molar refractivity (Wildman–Crippen MR) is 127 cm³/mol. The molecule has 0 fully saturated rings. The Morgan fingerprint density at radius 2 is 1.53 bits per heavy atom. The summed E-state index contributed by atoms with van der Waals surface area (Å²) in [5.41, 5.74) is 4.53. The highest BCUT2D eigenvalue weighted by Crippen LogP contribution is 2.44. The maximum Gasteiger partial charge on any atom is 0.407 e. The van der Waals surface area contributed by atoms with E-state index >= 15 is 0 Å². The van der Waals surface area contributed by atoms with Crippen molar-refractivity contribution in [1.29, 1.82) is 0 Å². The molecule has 2 amide bonds. The van der Waals surface area contributed by atoms with Gasteiger partial charge in [-0.1, -0.05) is 62.4 Å². The number of hydrogen-bond donors (Lipinski definition) is 3. The molecule has 0 radical (unpaired) electrons. The lowest BCUT2D eigenvalue weighted by Crippen LogP contribution is -2.49. The van der Waals surface area contributed by atoms with Crippen molar-refractivity contribution >= 4 is 18.0 Å². The summed E-state index contributed by atoms with van der Waals surface area (Å²) in [6, 6.07) is 15.7. The zero-order chi connectivity index (χ0) is 24.8. The number of ether oxygens (including phenoxy) is 2. The Morgan fingerprint density at radius 1 is 0.971 bits per heavy atom. The largest absolute Gasteiger partial charge is 0.479 e. The molecule has 2 aromatic rings. The molecule has 34 heavy (non-hydrogen) atoms. The van der Waals surface area contributed by atoms with Gasteiger partial charge in [-0.05, 0) is 35.1 Å². The fourth-order valence-electron chi connectivity index (χ4n) is 4.61. The number of methoxy groups -OCH3 is 1. The molecule has 0 aliphatic heterocycles. The van der Waals surface area contributed by atoms with Crippen LogP contribution in [0.25, 0.3) is 11.1 Å². The van der Waals surface area contributed by atoms with Gasteiger partial charge in [-0.15, -0.1) is 0 Å². The molecule has 2 aromatic carbocycles. The highest BCUT2D eigenvalue weighted by atomic mass is 16.5. The number of carbonyl (C=O) groups excluding carboxylic acids is 2. The van der Waals surface area contributed by atoms with Crippen LogP contribution in [0.3, 0.4) is 0 Å². The molecule has 0 saturated heterocycles. The first kappa shape index (κ1) is 25.2. The molecule has 8 heteroatoms. The van der Waals surface area contributed by atoms with Crippen molar-refractivity contribution in [1.82, 2.24) is 10.6 Å². The highest BCUT2D eigenvalue weighted by Gasteiger charge is 2.32. The molecule has 3 N–H and O–H groups in total. The lowest BCUT2D eigenvalue weighted by atomic mass is 9.88. The van der Waals surface area contributed by atoms with Crippen LogP contribution < -0.4 is 10.6 Å². The molecule has 0 bridgehead atoms. The first-order valence-electron chi connectivity index (χ1n) is 11.4. The van der Waals surface area contributed by atoms with E-state index < -0.39 is 30.1 Å². The molecular formula is C26H32N2O6. The standard InChI is InChI=1S/C26H32N2O6/c1-15(2)23(24(29)27-13-22(33-4)25(30)31)16(3)28-26(32)34-14-21-19-11-7-5-9-17(19)18-10-6-8-12-20(18)21/h5-12,15-16,21-23H,13-14H2,1-4H3,(H,27,29)(H,28,32)(H,30,31). The van der Waals surface area contributed by atoms with Crippen molar-refractivity contribution in [3.63, 3.8) is 0 Å². The Balaban J connectivity index is 1.60. The van der Waals surface area contributed by atoms with Gasteiger partial charge in [0.25, 0.3) is 0 Å². The highest BCUT2D eigenvalue weighted by molar-refractivity contribution is 5.82. The van der Waals surface area contributed by atoms with Crippen LogP contribution in [0.5, 0.6) is 0 Å². The van der Waals surface area contributed by atoms with Crippen molar-refractivity contribution in [2.75, 3.05) is 20.3 Å². The van der Waals surface area contributed by atoms with E-state index in [4.69, 9.17) is 14.6 Å². The van der Waals surface area contributed by atoms with Gasteiger partial charge in [0.05, 0.1) is 12.5 Å². The van der Waals surface area contributed by atoms with Gasteiger partial charge in [0.1, 0.15) is 6.61 Å². The fourth-order valence-corrected chi connectivity index (χ4v) is 4.61. The van der Waals surface area contributed by atoms with Crippen LogP contribution in [0.2, 0.25) is 0 Å². The van der Waals surface area contributed by atoms with E-state index in [1.54, 1.807) is 6.92 Å². The molecule has 182 valence electrons. The number of hydrogen-bond acceptors (Lipinski definition) is 5. The van der Waals surface area contributed by atoms with Crippen LogP contribution in [0.1, 0.15) is 37.8 Å². The Labute approximate surface area is 199 Å². The van der Waals surface area contributed by atoms with Gasteiger partial charge < -0.3 is 25.2 Å². The van der Waals surface area contributed by atoms with E-state index in [1.165, 1.54) is 7.11 Å². The third-order valence-electron chi connectivity index (χ3n) is 6.27. The second-order valence-electron chi connectivity index (χ2n) is 8.84. The smallest absolute Gasteiger partial charge is 0.407 e. The summed E-state index contributed by atoms with van der Waals surface area (Å²) in [6.45, 7) is 5.48. The number of benzene rings is 2. The van der Waals surface area contributed by atoms with Crippen LogP contribution in [-0.2, 0) is 19.1 Å². The van der Waals surface area contributed by atoms with Crippen LogP contribution in [0, 0.1) is 11.8 Å². The van der Waals surface area contributed by atoms with Gasteiger partial charge in [0, 0.05) is 19.1 Å². The third kappa shape index (κ3) is 5.56. The van der Waals surface area contributed by atoms with Crippen molar-refractivity contribution in [2.24, 2.45) is 11.8 Å². The van der Waals surface area contributed by atoms with E-state index in [9.17, 15) is 14.4 Å². The van der Waals surface area contributed by atoms with Gasteiger partial charge in [-0.3, -0.25) is 4.79 Å². The predicted octanol–water partition coefficient (Wildman–Crippen LogP) is 3.40. The Morgan fingerprint density at radius 3 is 2.03 bits per heavy atom. The van der Waals surface area contributed by atoms with Crippen molar-refractivity contribution in [3.8, 4) is 11.1 Å². The fraction of sp³-hybridized carbons (Fsp3) is 0.423. The number of rotatable bonds is 10. The van der Waals surface area contributed by atoms with Crippen LogP contribution in [0.15, 0.2) is 48.5 Å². The summed E-state index contributed by atoms with van der Waals surface area (Å²) in [6.07, 6.45) is -1.74. The summed E-state index contributed by atoms with van der Waals surface area (Å²) in [7, 11) is 1.27. The topological polar surface area (TPSA) is 114 Å². The number of amides is 2. The average Bonchev–Trinajstić information content (AvgIpc) is 3.11. The lowest BCUT2D eigenvalue weighted by molar-refractivity contribution is -0.148. The molecule has 1 aliphatic rings. The Kier molecular flexibility index (Phi) is 8.28. The maximum atomic E-state index is 12.7. The number of aliphatic carboxylic acids is 1. The quantitative estimate of drug-likeness (QED) is 0.493. The molecule has 3 unspecified atom stereocenters. The van der Waals surface area contributed by atoms with E-state index in [-0.39, 0.29) is 30.9 Å². The van der Waals surface area contributed by atoms with Gasteiger partial charge in [-0.2, -0.15) is 0 Å². The van der Waals surface area contributed by atoms with E-state index in [0.29, 0.717) is 0 Å². The van der Waals surface area contributed by atoms with E-state index in [1.807, 2.05) is 50.2 Å². The zero-order valence-corrected chi connectivity index (χ0v) is 19.9. The second kappa shape index (κ2) is 11.2. The molecule has 8 nitrogen and oxygen atoms in total. The van der Waals surface area contributed by atoms with Crippen LogP contribution in [0.4, 0.5) is 4.79 Å². The minimum absolute atomic E-state index is 0.0559. The Hall–Kier alpha value is -3.39. The molecule has 0 heterocycles. The molecule has 0 saturated carbocycles. The summed E-state index contributed by atoms with van der Waals surface area (Å²) < 4.78 is 10.4. The first-order valence-corrected chi connectivity index (χ1v) is 11.4. The van der Waals surface area contributed by atoms with Crippen molar-refractivity contribution < 1.29 is 29.0 Å². The van der Waals surface area contributed by atoms with Crippen molar-refractivity contribution in [2.45, 2.75) is 38.8 Å². The number of carboxylic acid groups (broad SMARTS) is 1. The first-order chi connectivity index (χ1) is 16.2. The molecule has 0 spiro atoms. The molecular weight excluding hydrogens is 436 g/mol. The maximum absolute atomic E-state index is 12.7. The number of carbonyl (C=O) groups is 3. The van der Waals surface area contributed by atoms with E-state index in [0.717, 1.165) is 22.3 Å². The van der Waals surface area contributed by atoms with Crippen LogP contribution >= 0.6 is 0 Å². The monoisotopic (exact) mass is 468 g/mol. The zero-order valence-electron chi connectivity index (χ0n) is 19.9. The average molecular weight is 469 g/mol.